The maximum absolute atomic E-state index is 10.4. The Bertz CT molecular complexity index is 140. The van der Waals surface area contributed by atoms with Crippen molar-refractivity contribution in [3.05, 3.63) is 0 Å². The Kier molecular flexibility index (Phi) is 11.4. The topological polar surface area (TPSA) is 35.5 Å². The van der Waals surface area contributed by atoms with Crippen LogP contribution in [0.3, 0.4) is 0 Å². The molecule has 0 saturated carbocycles. The maximum Gasteiger partial charge on any atom is 0.360 e. The zero-order chi connectivity index (χ0) is 7.98. The molecular weight excluding hydrogens is 195 g/mol. The Morgan fingerprint density at radius 2 is 2.18 bits per heavy atom. The van der Waals surface area contributed by atoms with E-state index in [-0.39, 0.29) is 40.5 Å². The van der Waals surface area contributed by atoms with Crippen LogP contribution in [0.25, 0.3) is 0 Å². The summed E-state index contributed by atoms with van der Waals surface area (Å²) in [4.78, 5) is 10.4. The number of carbonyl (C=O) groups is 1. The molecule has 0 unspecified atom stereocenters. The van der Waals surface area contributed by atoms with E-state index < -0.39 is 5.97 Å². The van der Waals surface area contributed by atoms with Gasteiger partial charge in [-0.15, -0.1) is 0 Å². The number of carbonyl (C=O) groups excluding carboxylic acids is 1. The van der Waals surface area contributed by atoms with Crippen molar-refractivity contribution in [2.24, 2.45) is 0 Å². The van der Waals surface area contributed by atoms with E-state index in [0.29, 0.717) is 6.61 Å². The van der Waals surface area contributed by atoms with Crippen molar-refractivity contribution in [3.63, 3.8) is 0 Å². The molecule has 0 aliphatic carbocycles. The monoisotopic (exact) mass is 203 g/mol. The van der Waals surface area contributed by atoms with E-state index in [0.717, 1.165) is 0 Å². The summed E-state index contributed by atoms with van der Waals surface area (Å²) in [6, 6.07) is 0. The van der Waals surface area contributed by atoms with Gasteiger partial charge in [0, 0.05) is 41.8 Å². The summed E-state index contributed by atoms with van der Waals surface area (Å²) in [5.74, 6) is -0.491. The van der Waals surface area contributed by atoms with Gasteiger partial charge in [0.2, 0.25) is 0 Å². The first kappa shape index (κ1) is 14.2. The minimum absolute atomic E-state index is 0. The van der Waals surface area contributed by atoms with Gasteiger partial charge in [0.25, 0.3) is 0 Å². The Hall–Kier alpha value is 0.710. The second-order valence-electron chi connectivity index (χ2n) is 1.32. The molecule has 0 saturated heterocycles. The predicted octanol–water partition coefficient (Wildman–Crippen LogP) is 0.400. The molecule has 0 aliphatic rings. The fraction of sp³-hybridized carbons (Fsp3) is 0.600. The Morgan fingerprint density at radius 1 is 1.64 bits per heavy atom. The quantitative estimate of drug-likeness (QED) is 0.305. The van der Waals surface area contributed by atoms with Crippen LogP contribution in [0.2, 0.25) is 0 Å². The third-order valence-electron chi connectivity index (χ3n) is 0.588. The average molecular weight is 203 g/mol. The Balaban J connectivity index is 0. The molecule has 0 spiro atoms. The summed E-state index contributed by atoms with van der Waals surface area (Å²) in [7, 11) is 0. The average Bonchev–Trinajstić information content (AvgIpc) is 1.88. The van der Waals surface area contributed by atoms with Crippen molar-refractivity contribution in [2.75, 3.05) is 12.4 Å². The van der Waals surface area contributed by atoms with Crippen LogP contribution in [-0.4, -0.2) is 53.1 Å². The van der Waals surface area contributed by atoms with Crippen LogP contribution in [0.5, 0.6) is 0 Å². The van der Waals surface area contributed by atoms with E-state index in [2.05, 4.69) is 34.3 Å². The van der Waals surface area contributed by atoms with Gasteiger partial charge in [-0.2, -0.15) is 12.6 Å². The predicted molar refractivity (Wildman–Crippen MR) is 49.9 cm³/mol. The summed E-state index contributed by atoms with van der Waals surface area (Å²) in [6.45, 7) is 2.15. The standard InChI is InChI=1S/C5H8O3S2.Na/c1-2-7-5(10)8-4(6)3-9;/h9H,2-3H2,1H3;. The van der Waals surface area contributed by atoms with E-state index >= 15 is 0 Å². The fourth-order valence-electron chi connectivity index (χ4n) is 0.273. The van der Waals surface area contributed by atoms with Crippen LogP contribution in [-0.2, 0) is 14.3 Å². The molecule has 0 atom stereocenters. The van der Waals surface area contributed by atoms with Gasteiger partial charge in [-0.25, -0.2) is 0 Å². The number of thiol groups is 1. The van der Waals surface area contributed by atoms with E-state index in [1.165, 1.54) is 0 Å². The maximum atomic E-state index is 10.4. The number of hydrogen-bond donors (Lipinski definition) is 1. The minimum Gasteiger partial charge on any atom is -0.457 e. The zero-order valence-corrected chi connectivity index (χ0v) is 10.2. The second-order valence-corrected chi connectivity index (χ2v) is 1.96. The molecule has 0 N–H and O–H groups in total. The number of esters is 1. The van der Waals surface area contributed by atoms with Crippen LogP contribution >= 0.6 is 24.8 Å². The van der Waals surface area contributed by atoms with Gasteiger partial charge >= 0.3 is 11.2 Å². The summed E-state index contributed by atoms with van der Waals surface area (Å²) >= 11 is 8.17. The summed E-state index contributed by atoms with van der Waals surface area (Å²) in [6.07, 6.45) is 0. The molecule has 0 aromatic carbocycles. The Morgan fingerprint density at radius 3 is 2.55 bits per heavy atom. The molecule has 6 heteroatoms. The minimum atomic E-state index is -0.498. The molecule has 0 aromatic heterocycles. The van der Waals surface area contributed by atoms with E-state index in [9.17, 15) is 4.79 Å². The van der Waals surface area contributed by atoms with Crippen LogP contribution in [0.1, 0.15) is 6.92 Å². The zero-order valence-electron chi connectivity index (χ0n) is 6.49. The third kappa shape index (κ3) is 8.62. The molecule has 11 heavy (non-hydrogen) atoms. The van der Waals surface area contributed by atoms with E-state index in [4.69, 9.17) is 0 Å². The largest absolute Gasteiger partial charge is 0.457 e. The van der Waals surface area contributed by atoms with Gasteiger partial charge in [-0.05, 0) is 6.92 Å². The summed E-state index contributed by atoms with van der Waals surface area (Å²) in [5, 5.41) is -0.137. The molecule has 0 aliphatic heterocycles. The van der Waals surface area contributed by atoms with Gasteiger partial charge in [0.1, 0.15) is 0 Å². The molecule has 3 nitrogen and oxygen atoms in total. The van der Waals surface area contributed by atoms with Gasteiger partial charge in [0.05, 0.1) is 12.4 Å². The molecule has 0 rings (SSSR count). The smallest absolute Gasteiger partial charge is 0.360 e. The first-order chi connectivity index (χ1) is 4.70. The molecule has 0 amide bonds. The number of rotatable bonds is 2. The van der Waals surface area contributed by atoms with Crippen LogP contribution in [0.15, 0.2) is 0 Å². The molecule has 59 valence electrons. The molecule has 1 radical (unpaired) electrons. The van der Waals surface area contributed by atoms with Gasteiger partial charge in [0.15, 0.2) is 0 Å². The third-order valence-corrected chi connectivity index (χ3v) is 1.05. The van der Waals surface area contributed by atoms with Crippen molar-refractivity contribution in [2.45, 2.75) is 6.92 Å². The Labute approximate surface area is 98.5 Å². The summed E-state index contributed by atoms with van der Waals surface area (Å²) < 4.78 is 9.10. The number of thiocarbonyl (C=S) groups is 1. The second kappa shape index (κ2) is 8.80. The SMILES string of the molecule is CCOC(=S)OC(=O)CS.[Na]. The molecular formula is C5H8NaO3S2. The molecule has 0 fully saturated rings. The van der Waals surface area contributed by atoms with Gasteiger partial charge in [-0.1, -0.05) is 0 Å². The van der Waals surface area contributed by atoms with Crippen molar-refractivity contribution in [3.8, 4) is 0 Å². The summed E-state index contributed by atoms with van der Waals surface area (Å²) in [5.41, 5.74) is 0. The van der Waals surface area contributed by atoms with Gasteiger partial charge < -0.3 is 9.47 Å². The van der Waals surface area contributed by atoms with Crippen molar-refractivity contribution >= 4 is 65.6 Å². The first-order valence-electron chi connectivity index (χ1n) is 2.69. The normalized spacial score (nSPS) is 7.82. The van der Waals surface area contributed by atoms with E-state index in [1.807, 2.05) is 0 Å². The molecule has 0 aromatic rings. The van der Waals surface area contributed by atoms with Crippen molar-refractivity contribution in [1.29, 1.82) is 0 Å². The van der Waals surface area contributed by atoms with Crippen molar-refractivity contribution < 1.29 is 14.3 Å². The van der Waals surface area contributed by atoms with Crippen LogP contribution in [0, 0.1) is 0 Å². The van der Waals surface area contributed by atoms with E-state index in [1.54, 1.807) is 6.92 Å². The van der Waals surface area contributed by atoms with Crippen molar-refractivity contribution in [1.82, 2.24) is 0 Å². The number of ether oxygens (including phenoxy) is 2. The molecule has 0 bridgehead atoms. The fourth-order valence-corrected chi connectivity index (χ4v) is 0.548. The van der Waals surface area contributed by atoms with Gasteiger partial charge in [-0.3, -0.25) is 4.79 Å². The first-order valence-corrected chi connectivity index (χ1v) is 3.73. The number of hydrogen-bond acceptors (Lipinski definition) is 5. The van der Waals surface area contributed by atoms with Crippen LogP contribution < -0.4 is 0 Å². The molecule has 0 heterocycles. The van der Waals surface area contributed by atoms with Crippen LogP contribution in [0.4, 0.5) is 0 Å².